The second-order valence-corrected chi connectivity index (χ2v) is 3.82. The molecule has 94 valence electrons. The van der Waals surface area contributed by atoms with Crippen molar-refractivity contribution in [1.29, 1.82) is 0 Å². The van der Waals surface area contributed by atoms with E-state index in [1.165, 1.54) is 6.33 Å². The highest BCUT2D eigenvalue weighted by Crippen LogP contribution is 2.20. The molecular formula is C11H13N5O2. The van der Waals surface area contributed by atoms with Crippen molar-refractivity contribution in [2.45, 2.75) is 6.42 Å². The van der Waals surface area contributed by atoms with Crippen molar-refractivity contribution in [3.05, 3.63) is 46.5 Å². The monoisotopic (exact) mass is 247 g/mol. The fraction of sp³-hybridized carbons (Fsp3) is 0.273. The maximum absolute atomic E-state index is 10.7. The molecule has 0 spiro atoms. The Balaban J connectivity index is 1.98. The van der Waals surface area contributed by atoms with Crippen molar-refractivity contribution in [2.24, 2.45) is 7.05 Å². The molecule has 2 aromatic heterocycles. The van der Waals surface area contributed by atoms with E-state index in [1.54, 1.807) is 24.0 Å². The summed E-state index contributed by atoms with van der Waals surface area (Å²) in [6.45, 7) is 0.589. The predicted molar refractivity (Wildman–Crippen MR) is 66.3 cm³/mol. The molecule has 0 unspecified atom stereocenters. The molecule has 2 aromatic rings. The molecule has 0 fully saturated rings. The molecule has 0 atom stereocenters. The maximum atomic E-state index is 10.7. The number of hydrogen-bond acceptors (Lipinski definition) is 5. The van der Waals surface area contributed by atoms with Crippen LogP contribution in [0.15, 0.2) is 30.9 Å². The van der Waals surface area contributed by atoms with Gasteiger partial charge >= 0.3 is 5.82 Å². The van der Waals surface area contributed by atoms with Crippen molar-refractivity contribution in [3.63, 3.8) is 0 Å². The van der Waals surface area contributed by atoms with Crippen LogP contribution in [0.1, 0.15) is 5.56 Å². The molecule has 0 saturated heterocycles. The van der Waals surface area contributed by atoms with E-state index in [0.717, 1.165) is 12.0 Å². The number of aryl methyl sites for hydroxylation is 1. The van der Waals surface area contributed by atoms with Crippen LogP contribution in [0.25, 0.3) is 0 Å². The lowest BCUT2D eigenvalue weighted by Gasteiger charge is -2.05. The zero-order valence-electron chi connectivity index (χ0n) is 9.91. The normalized spacial score (nSPS) is 10.3. The van der Waals surface area contributed by atoms with E-state index >= 15 is 0 Å². The van der Waals surface area contributed by atoms with Gasteiger partial charge in [-0.1, -0.05) is 6.07 Å². The van der Waals surface area contributed by atoms with Crippen molar-refractivity contribution in [2.75, 3.05) is 11.9 Å². The summed E-state index contributed by atoms with van der Waals surface area (Å²) in [5.74, 6) is 0.271. The molecule has 0 radical (unpaired) electrons. The van der Waals surface area contributed by atoms with Crippen molar-refractivity contribution in [1.82, 2.24) is 14.5 Å². The average molecular weight is 247 g/mol. The molecule has 7 heteroatoms. The first-order valence-electron chi connectivity index (χ1n) is 5.47. The van der Waals surface area contributed by atoms with E-state index in [1.807, 2.05) is 12.1 Å². The van der Waals surface area contributed by atoms with Gasteiger partial charge in [0, 0.05) is 26.0 Å². The summed E-state index contributed by atoms with van der Waals surface area (Å²) in [6.07, 6.45) is 5.66. The molecule has 1 N–H and O–H groups in total. The second-order valence-electron chi connectivity index (χ2n) is 3.82. The molecule has 2 heterocycles. The van der Waals surface area contributed by atoms with Gasteiger partial charge in [-0.25, -0.2) is 0 Å². The highest BCUT2D eigenvalue weighted by atomic mass is 16.6. The van der Waals surface area contributed by atoms with Crippen LogP contribution in [-0.4, -0.2) is 26.0 Å². The van der Waals surface area contributed by atoms with Gasteiger partial charge < -0.3 is 15.4 Å². The molecule has 7 nitrogen and oxygen atoms in total. The van der Waals surface area contributed by atoms with Gasteiger partial charge in [0.1, 0.15) is 0 Å². The first-order chi connectivity index (χ1) is 8.68. The molecule has 0 aliphatic rings. The summed E-state index contributed by atoms with van der Waals surface area (Å²) in [6, 6.07) is 3.83. The van der Waals surface area contributed by atoms with Crippen LogP contribution in [0.5, 0.6) is 0 Å². The van der Waals surface area contributed by atoms with Gasteiger partial charge in [0.2, 0.25) is 12.1 Å². The fourth-order valence-electron chi connectivity index (χ4n) is 1.63. The van der Waals surface area contributed by atoms with Gasteiger partial charge in [-0.2, -0.15) is 0 Å². The molecular weight excluding hydrogens is 234 g/mol. The molecule has 0 aliphatic carbocycles. The molecule has 18 heavy (non-hydrogen) atoms. The summed E-state index contributed by atoms with van der Waals surface area (Å²) in [4.78, 5) is 18.0. The minimum atomic E-state index is -0.494. The lowest BCUT2D eigenvalue weighted by Crippen LogP contribution is -2.09. The molecule has 2 rings (SSSR count). The Morgan fingerprint density at radius 2 is 2.39 bits per heavy atom. The molecule has 0 saturated carbocycles. The number of nitrogens with one attached hydrogen (secondary N) is 1. The molecule has 0 aliphatic heterocycles. The minimum Gasteiger partial charge on any atom is -0.364 e. The van der Waals surface area contributed by atoms with E-state index in [9.17, 15) is 10.1 Å². The lowest BCUT2D eigenvalue weighted by atomic mass is 10.2. The van der Waals surface area contributed by atoms with Crippen LogP contribution >= 0.6 is 0 Å². The topological polar surface area (TPSA) is 85.9 Å². The van der Waals surface area contributed by atoms with E-state index in [0.29, 0.717) is 12.4 Å². The van der Waals surface area contributed by atoms with Crippen LogP contribution in [0.3, 0.4) is 0 Å². The Hall–Kier alpha value is -2.44. The summed E-state index contributed by atoms with van der Waals surface area (Å²) >= 11 is 0. The van der Waals surface area contributed by atoms with Gasteiger partial charge in [-0.05, 0) is 28.0 Å². The van der Waals surface area contributed by atoms with Gasteiger partial charge in [0.25, 0.3) is 0 Å². The second kappa shape index (κ2) is 5.26. The van der Waals surface area contributed by atoms with E-state index in [4.69, 9.17) is 0 Å². The van der Waals surface area contributed by atoms with Gasteiger partial charge in [0.15, 0.2) is 0 Å². The number of imidazole rings is 1. The molecule has 0 aromatic carbocycles. The third-order valence-corrected chi connectivity index (χ3v) is 2.52. The quantitative estimate of drug-likeness (QED) is 0.637. The van der Waals surface area contributed by atoms with Crippen molar-refractivity contribution >= 4 is 11.6 Å². The van der Waals surface area contributed by atoms with Crippen LogP contribution in [0, 0.1) is 10.1 Å². The van der Waals surface area contributed by atoms with E-state index in [-0.39, 0.29) is 5.82 Å². The Kier molecular flexibility index (Phi) is 3.52. The smallest absolute Gasteiger partial charge is 0.364 e. The summed E-state index contributed by atoms with van der Waals surface area (Å²) in [5, 5.41) is 13.8. The van der Waals surface area contributed by atoms with Crippen LogP contribution in [0.4, 0.5) is 11.6 Å². The SMILES string of the molecule is Cn1cnc([N+](=O)[O-])c1NCCc1cccnc1. The van der Waals surface area contributed by atoms with Crippen LogP contribution < -0.4 is 5.32 Å². The summed E-state index contributed by atoms with van der Waals surface area (Å²) in [7, 11) is 1.71. The van der Waals surface area contributed by atoms with Crippen molar-refractivity contribution < 1.29 is 4.92 Å². The van der Waals surface area contributed by atoms with E-state index < -0.39 is 4.92 Å². The van der Waals surface area contributed by atoms with Gasteiger partial charge in [-0.15, -0.1) is 0 Å². The van der Waals surface area contributed by atoms with Gasteiger partial charge in [-0.3, -0.25) is 9.55 Å². The minimum absolute atomic E-state index is 0.149. The average Bonchev–Trinajstić information content (AvgIpc) is 2.73. The molecule has 0 amide bonds. The standard InChI is InChI=1S/C11H13N5O2/c1-15-8-14-11(16(17)18)10(15)13-6-4-9-3-2-5-12-7-9/h2-3,5,7-8,13H,4,6H2,1H3. The largest absolute Gasteiger partial charge is 0.406 e. The highest BCUT2D eigenvalue weighted by Gasteiger charge is 2.19. The fourth-order valence-corrected chi connectivity index (χ4v) is 1.63. The highest BCUT2D eigenvalue weighted by molar-refractivity contribution is 5.51. The zero-order chi connectivity index (χ0) is 13.0. The van der Waals surface area contributed by atoms with E-state index in [2.05, 4.69) is 15.3 Å². The number of nitrogens with zero attached hydrogens (tertiary/aromatic N) is 4. The van der Waals surface area contributed by atoms with Gasteiger partial charge in [0.05, 0.1) is 0 Å². The number of pyridine rings is 1. The maximum Gasteiger partial charge on any atom is 0.406 e. The predicted octanol–water partition coefficient (Wildman–Crippen LogP) is 1.38. The lowest BCUT2D eigenvalue weighted by molar-refractivity contribution is -0.388. The number of nitro groups is 1. The Bertz CT molecular complexity index is 538. The summed E-state index contributed by atoms with van der Waals surface area (Å²) in [5.41, 5.74) is 1.08. The van der Waals surface area contributed by atoms with Crippen molar-refractivity contribution in [3.8, 4) is 0 Å². The Morgan fingerprint density at radius 3 is 3.06 bits per heavy atom. The number of aromatic nitrogens is 3. The first kappa shape index (κ1) is 12.0. The number of hydrogen-bond donors (Lipinski definition) is 1. The molecule has 0 bridgehead atoms. The Labute approximate surface area is 104 Å². The first-order valence-corrected chi connectivity index (χ1v) is 5.47. The van der Waals surface area contributed by atoms with Crippen LogP contribution in [-0.2, 0) is 13.5 Å². The number of rotatable bonds is 5. The zero-order valence-corrected chi connectivity index (χ0v) is 9.91. The van der Waals surface area contributed by atoms with Crippen LogP contribution in [0.2, 0.25) is 0 Å². The number of anilines is 1. The third kappa shape index (κ3) is 2.62. The Morgan fingerprint density at radius 1 is 1.56 bits per heavy atom. The summed E-state index contributed by atoms with van der Waals surface area (Å²) < 4.78 is 1.60. The third-order valence-electron chi connectivity index (χ3n) is 2.52.